The van der Waals surface area contributed by atoms with E-state index >= 15 is 0 Å². The van der Waals surface area contributed by atoms with Gasteiger partial charge in [0.1, 0.15) is 22.7 Å². The van der Waals surface area contributed by atoms with Gasteiger partial charge >= 0.3 is 0 Å². The van der Waals surface area contributed by atoms with Crippen molar-refractivity contribution in [1.82, 2.24) is 20.4 Å². The van der Waals surface area contributed by atoms with Gasteiger partial charge in [0.25, 0.3) is 11.6 Å². The minimum atomic E-state index is -0.278. The fourth-order valence-corrected chi connectivity index (χ4v) is 2.99. The number of nitrogens with one attached hydrogen (secondary N) is 1. The van der Waals surface area contributed by atoms with Crippen LogP contribution in [0.3, 0.4) is 0 Å². The predicted molar refractivity (Wildman–Crippen MR) is 110 cm³/mol. The van der Waals surface area contributed by atoms with E-state index in [0.717, 1.165) is 16.9 Å². The first kappa shape index (κ1) is 19.4. The summed E-state index contributed by atoms with van der Waals surface area (Å²) in [5, 5.41) is 7.47. The van der Waals surface area contributed by atoms with Crippen LogP contribution in [0.5, 0.6) is 11.6 Å². The highest BCUT2D eigenvalue weighted by Gasteiger charge is 2.19. The van der Waals surface area contributed by atoms with E-state index in [0.29, 0.717) is 29.2 Å². The molecule has 4 aromatic rings. The van der Waals surface area contributed by atoms with Crippen LogP contribution in [0.15, 0.2) is 59.1 Å². The predicted octanol–water partition coefficient (Wildman–Crippen LogP) is 3.30. The second-order valence-corrected chi connectivity index (χ2v) is 6.57. The van der Waals surface area contributed by atoms with Crippen LogP contribution in [0.1, 0.15) is 11.4 Å². The molecule has 0 fully saturated rings. The Labute approximate surface area is 172 Å². The molecular formula is C22H20N4O4. The van der Waals surface area contributed by atoms with Gasteiger partial charge in [0, 0.05) is 12.1 Å². The highest BCUT2D eigenvalue weighted by Crippen LogP contribution is 2.32. The molecule has 0 unspecified atom stereocenters. The Hall–Kier alpha value is -3.94. The molecule has 0 aliphatic heterocycles. The van der Waals surface area contributed by atoms with Gasteiger partial charge in [-0.25, -0.2) is 0 Å². The van der Waals surface area contributed by atoms with Crippen molar-refractivity contribution in [2.75, 3.05) is 13.7 Å². The number of ether oxygens (including phenoxy) is 2. The molecule has 0 spiro atoms. The van der Waals surface area contributed by atoms with Crippen molar-refractivity contribution in [1.29, 1.82) is 0 Å². The summed E-state index contributed by atoms with van der Waals surface area (Å²) in [5.74, 6) is 1.18. The van der Waals surface area contributed by atoms with Crippen molar-refractivity contribution in [3.05, 3.63) is 66.0 Å². The van der Waals surface area contributed by atoms with Gasteiger partial charge in [-0.05, 0) is 24.6 Å². The Bertz CT molecular complexity index is 1170. The average Bonchev–Trinajstić information content (AvgIpc) is 3.20. The van der Waals surface area contributed by atoms with Crippen LogP contribution in [0.4, 0.5) is 0 Å². The lowest BCUT2D eigenvalue weighted by atomic mass is 10.1. The summed E-state index contributed by atoms with van der Waals surface area (Å²) in [5.41, 5.74) is 2.65. The molecular weight excluding hydrogens is 384 g/mol. The first-order chi connectivity index (χ1) is 14.6. The molecule has 30 heavy (non-hydrogen) atoms. The number of rotatable bonds is 7. The largest absolute Gasteiger partial charge is 0.497 e. The topological polar surface area (TPSA) is 99.4 Å². The molecule has 0 saturated carbocycles. The van der Waals surface area contributed by atoms with Crippen LogP contribution in [-0.2, 0) is 11.3 Å². The van der Waals surface area contributed by atoms with Crippen LogP contribution in [-0.4, -0.2) is 34.7 Å². The minimum Gasteiger partial charge on any atom is -0.497 e. The van der Waals surface area contributed by atoms with Gasteiger partial charge in [-0.3, -0.25) is 4.79 Å². The van der Waals surface area contributed by atoms with Gasteiger partial charge in [-0.2, -0.15) is 9.97 Å². The number of aryl methyl sites for hydroxylation is 1. The number of carbonyl (C=O) groups excluding carboxylic acids is 1. The second-order valence-electron chi connectivity index (χ2n) is 6.57. The van der Waals surface area contributed by atoms with Crippen LogP contribution in [0.25, 0.3) is 22.4 Å². The maximum Gasteiger partial charge on any atom is 0.265 e. The third-order valence-electron chi connectivity index (χ3n) is 4.43. The van der Waals surface area contributed by atoms with E-state index in [1.807, 2.05) is 54.6 Å². The summed E-state index contributed by atoms with van der Waals surface area (Å²) in [6.07, 6.45) is 0. The summed E-state index contributed by atoms with van der Waals surface area (Å²) in [6, 6.07) is 17.0. The fraction of sp³-hybridized carbons (Fsp3) is 0.182. The first-order valence-corrected chi connectivity index (χ1v) is 9.36. The lowest BCUT2D eigenvalue weighted by molar-refractivity contribution is -0.123. The summed E-state index contributed by atoms with van der Waals surface area (Å²) in [4.78, 5) is 20.9. The second kappa shape index (κ2) is 8.60. The van der Waals surface area contributed by atoms with Gasteiger partial charge in [-0.15, -0.1) is 0 Å². The number of benzene rings is 2. The molecule has 0 aliphatic rings. The Morgan fingerprint density at radius 2 is 1.93 bits per heavy atom. The number of methoxy groups -OCH3 is 1. The quantitative estimate of drug-likeness (QED) is 0.504. The van der Waals surface area contributed by atoms with Crippen LogP contribution in [0, 0.1) is 6.92 Å². The number of fused-ring (bicyclic) bond motifs is 1. The zero-order valence-corrected chi connectivity index (χ0v) is 16.6. The smallest absolute Gasteiger partial charge is 0.265 e. The molecule has 1 N–H and O–H groups in total. The normalized spacial score (nSPS) is 10.7. The molecule has 152 valence electrons. The van der Waals surface area contributed by atoms with E-state index in [1.54, 1.807) is 14.0 Å². The molecule has 8 nitrogen and oxygen atoms in total. The average molecular weight is 404 g/mol. The van der Waals surface area contributed by atoms with E-state index < -0.39 is 0 Å². The van der Waals surface area contributed by atoms with E-state index in [1.165, 1.54) is 0 Å². The van der Waals surface area contributed by atoms with Crippen LogP contribution in [0.2, 0.25) is 0 Å². The molecule has 0 atom stereocenters. The van der Waals surface area contributed by atoms with Gasteiger partial charge in [0.05, 0.1) is 7.11 Å². The van der Waals surface area contributed by atoms with E-state index in [4.69, 9.17) is 14.0 Å². The summed E-state index contributed by atoms with van der Waals surface area (Å²) >= 11 is 0. The van der Waals surface area contributed by atoms with Crippen molar-refractivity contribution in [3.63, 3.8) is 0 Å². The Balaban J connectivity index is 1.49. The summed E-state index contributed by atoms with van der Waals surface area (Å²) in [6.45, 7) is 1.88. The number of carbonyl (C=O) groups is 1. The highest BCUT2D eigenvalue weighted by atomic mass is 16.5. The Morgan fingerprint density at radius 3 is 2.73 bits per heavy atom. The summed E-state index contributed by atoms with van der Waals surface area (Å²) < 4.78 is 16.3. The lowest BCUT2D eigenvalue weighted by Crippen LogP contribution is -2.28. The molecule has 2 heterocycles. The third-order valence-corrected chi connectivity index (χ3v) is 4.43. The van der Waals surface area contributed by atoms with Crippen molar-refractivity contribution in [2.45, 2.75) is 13.5 Å². The van der Waals surface area contributed by atoms with Gasteiger partial charge in [0.2, 0.25) is 5.88 Å². The molecule has 1 amide bonds. The number of nitrogens with zero attached hydrogens (tertiary/aromatic N) is 3. The number of hydrogen-bond donors (Lipinski definition) is 1. The standard InChI is InChI=1S/C22H20N4O4/c1-14-24-21(19-20(26-30-22(19)25-14)16-8-4-3-5-9-16)29-13-18(27)23-12-15-7-6-10-17(11-15)28-2/h3-11H,12-13H2,1-2H3,(H,23,27). The minimum absolute atomic E-state index is 0.199. The highest BCUT2D eigenvalue weighted by molar-refractivity contribution is 5.93. The van der Waals surface area contributed by atoms with Gasteiger partial charge in [-0.1, -0.05) is 47.6 Å². The fourth-order valence-electron chi connectivity index (χ4n) is 2.99. The monoisotopic (exact) mass is 404 g/mol. The molecule has 2 aromatic heterocycles. The molecule has 2 aromatic carbocycles. The lowest BCUT2D eigenvalue weighted by Gasteiger charge is -2.09. The zero-order valence-electron chi connectivity index (χ0n) is 16.6. The van der Waals surface area contributed by atoms with Crippen molar-refractivity contribution < 1.29 is 18.8 Å². The van der Waals surface area contributed by atoms with Crippen molar-refractivity contribution in [3.8, 4) is 22.9 Å². The molecule has 0 radical (unpaired) electrons. The number of aromatic nitrogens is 3. The van der Waals surface area contributed by atoms with Gasteiger partial charge in [0.15, 0.2) is 6.61 Å². The van der Waals surface area contributed by atoms with Crippen LogP contribution >= 0.6 is 0 Å². The molecule has 0 saturated heterocycles. The van der Waals surface area contributed by atoms with Gasteiger partial charge < -0.3 is 19.3 Å². The van der Waals surface area contributed by atoms with Crippen LogP contribution < -0.4 is 14.8 Å². The Kier molecular flexibility index (Phi) is 5.56. The van der Waals surface area contributed by atoms with E-state index in [-0.39, 0.29) is 18.4 Å². The SMILES string of the molecule is COc1cccc(CNC(=O)COc2nc(C)nc3onc(-c4ccccc4)c23)c1. The number of hydrogen-bond acceptors (Lipinski definition) is 7. The molecule has 4 rings (SSSR count). The zero-order chi connectivity index (χ0) is 20.9. The molecule has 0 aliphatic carbocycles. The summed E-state index contributed by atoms with van der Waals surface area (Å²) in [7, 11) is 1.60. The van der Waals surface area contributed by atoms with E-state index in [9.17, 15) is 4.79 Å². The number of amides is 1. The Morgan fingerprint density at radius 1 is 1.10 bits per heavy atom. The van der Waals surface area contributed by atoms with Crippen molar-refractivity contribution >= 4 is 17.0 Å². The van der Waals surface area contributed by atoms with Crippen molar-refractivity contribution in [2.24, 2.45) is 0 Å². The third kappa shape index (κ3) is 4.22. The van der Waals surface area contributed by atoms with E-state index in [2.05, 4.69) is 20.4 Å². The molecule has 8 heteroatoms. The maximum absolute atomic E-state index is 12.3. The maximum atomic E-state index is 12.3. The molecule has 0 bridgehead atoms. The first-order valence-electron chi connectivity index (χ1n) is 9.36.